The van der Waals surface area contributed by atoms with E-state index in [9.17, 15) is 0 Å². The van der Waals surface area contributed by atoms with Crippen LogP contribution in [0.4, 0.5) is 0 Å². The Bertz CT molecular complexity index is 3170. The topological polar surface area (TPSA) is 39.4 Å². The first-order chi connectivity index (χ1) is 23.8. The van der Waals surface area contributed by atoms with Gasteiger partial charge >= 0.3 is 0 Å². The Balaban J connectivity index is 1.56. The molecule has 7 aromatic carbocycles. The van der Waals surface area contributed by atoms with Crippen molar-refractivity contribution in [1.29, 1.82) is 0 Å². The van der Waals surface area contributed by atoms with Gasteiger partial charge in [0, 0.05) is 113 Å². The van der Waals surface area contributed by atoms with E-state index in [4.69, 9.17) is 13.3 Å². The SMILES string of the molecule is c1ccc2c(c1)oc1c3cscc3c3c(c21)c1c2cscc2c2oc4ccccc4c2c1c1c2cscc2c2oc4ccccc4c2c31. The molecule has 6 heterocycles. The highest BCUT2D eigenvalue weighted by atomic mass is 32.1. The van der Waals surface area contributed by atoms with Gasteiger partial charge in [0.25, 0.3) is 0 Å². The smallest absolute Gasteiger partial charge is 0.144 e. The number of hydrogen-bond acceptors (Lipinski definition) is 6. The summed E-state index contributed by atoms with van der Waals surface area (Å²) >= 11 is 5.22. The van der Waals surface area contributed by atoms with Crippen LogP contribution >= 0.6 is 34.0 Å². The van der Waals surface area contributed by atoms with Crippen LogP contribution in [0.15, 0.2) is 118 Å². The standard InChI is InChI=1S/C42H18O3S3/c1-4-10-28-19(7-1)34-37-31(22-13-46-16-25(22)40(34)43-28)38-33(24-15-48-18-27(24)42-35(38)20-8-2-6-12-30(20)45-42)39-32(37)23-14-47-17-26(23)41-36(39)21-9-3-5-11-29(21)44-41/h1-18H. The second-order valence-corrected chi connectivity index (χ2v) is 15.0. The van der Waals surface area contributed by atoms with Gasteiger partial charge in [-0.3, -0.25) is 0 Å². The van der Waals surface area contributed by atoms with E-state index >= 15 is 0 Å². The summed E-state index contributed by atoms with van der Waals surface area (Å²) < 4.78 is 20.4. The van der Waals surface area contributed by atoms with Crippen LogP contribution in [0, 0.1) is 0 Å². The van der Waals surface area contributed by atoms with Crippen LogP contribution in [-0.4, -0.2) is 0 Å². The summed E-state index contributed by atoms with van der Waals surface area (Å²) in [5, 5.41) is 35.3. The van der Waals surface area contributed by atoms with E-state index in [1.54, 1.807) is 34.0 Å². The van der Waals surface area contributed by atoms with Crippen molar-refractivity contribution in [3.63, 3.8) is 0 Å². The lowest BCUT2D eigenvalue weighted by atomic mass is 9.83. The van der Waals surface area contributed by atoms with Crippen molar-refractivity contribution < 1.29 is 13.3 Å². The molecular weight excluding hydrogens is 649 g/mol. The van der Waals surface area contributed by atoms with Gasteiger partial charge in [0.15, 0.2) is 0 Å². The molecule has 0 radical (unpaired) electrons. The summed E-state index contributed by atoms with van der Waals surface area (Å²) in [6.45, 7) is 0. The molecular formula is C42H18O3S3. The molecule has 6 aromatic heterocycles. The van der Waals surface area contributed by atoms with Crippen molar-refractivity contribution in [2.45, 2.75) is 0 Å². The van der Waals surface area contributed by atoms with Crippen molar-refractivity contribution in [3.8, 4) is 0 Å². The number of hydrogen-bond donors (Lipinski definition) is 0. The average Bonchev–Trinajstić information content (AvgIpc) is 3.97. The first-order valence-electron chi connectivity index (χ1n) is 15.9. The zero-order chi connectivity index (χ0) is 30.8. The monoisotopic (exact) mass is 666 g/mol. The first kappa shape index (κ1) is 24.7. The number of thiophene rings is 3. The Morgan fingerprint density at radius 3 is 0.896 bits per heavy atom. The number of rotatable bonds is 0. The van der Waals surface area contributed by atoms with Crippen molar-refractivity contribution in [1.82, 2.24) is 0 Å². The summed E-state index contributed by atoms with van der Waals surface area (Å²) in [6, 6.07) is 25.5. The minimum Gasteiger partial charge on any atom is -0.455 e. The molecule has 0 fully saturated rings. The fourth-order valence-electron chi connectivity index (χ4n) is 8.76. The largest absolute Gasteiger partial charge is 0.455 e. The van der Waals surface area contributed by atoms with E-state index in [1.165, 1.54) is 64.6 Å². The van der Waals surface area contributed by atoms with Gasteiger partial charge < -0.3 is 13.3 Å². The van der Waals surface area contributed by atoms with Crippen LogP contribution in [0.3, 0.4) is 0 Å². The molecule has 0 aliphatic rings. The maximum atomic E-state index is 6.80. The van der Waals surface area contributed by atoms with Crippen LogP contribution in [-0.2, 0) is 0 Å². The highest BCUT2D eigenvalue weighted by molar-refractivity contribution is 7.10. The van der Waals surface area contributed by atoms with E-state index in [0.29, 0.717) is 0 Å². The molecule has 48 heavy (non-hydrogen) atoms. The quantitative estimate of drug-likeness (QED) is 0.151. The highest BCUT2D eigenvalue weighted by Crippen LogP contribution is 2.56. The second kappa shape index (κ2) is 8.35. The lowest BCUT2D eigenvalue weighted by molar-refractivity contribution is 0.672. The van der Waals surface area contributed by atoms with Crippen LogP contribution < -0.4 is 0 Å². The third-order valence-electron chi connectivity index (χ3n) is 10.6. The van der Waals surface area contributed by atoms with Gasteiger partial charge in [-0.1, -0.05) is 54.6 Å². The molecule has 0 aliphatic carbocycles. The summed E-state index contributed by atoms with van der Waals surface area (Å²) in [6.07, 6.45) is 0. The molecule has 0 atom stereocenters. The van der Waals surface area contributed by atoms with Crippen molar-refractivity contribution in [3.05, 3.63) is 105 Å². The molecule has 13 aromatic rings. The summed E-state index contributed by atoms with van der Waals surface area (Å²) in [5.74, 6) is 0. The van der Waals surface area contributed by atoms with E-state index < -0.39 is 0 Å². The lowest BCUT2D eigenvalue weighted by Gasteiger charge is -2.17. The molecule has 0 saturated heterocycles. The molecule has 0 bridgehead atoms. The Hall–Kier alpha value is -5.40. The fourth-order valence-corrected chi connectivity index (χ4v) is 11.2. The van der Waals surface area contributed by atoms with E-state index in [2.05, 4.69) is 105 Å². The molecule has 222 valence electrons. The molecule has 3 nitrogen and oxygen atoms in total. The van der Waals surface area contributed by atoms with Crippen LogP contribution in [0.2, 0.25) is 0 Å². The minimum atomic E-state index is 0.907. The van der Waals surface area contributed by atoms with Crippen LogP contribution in [0.25, 0.3) is 130 Å². The molecule has 0 amide bonds. The Morgan fingerprint density at radius 1 is 0.271 bits per heavy atom. The number of furan rings is 3. The zero-order valence-corrected chi connectivity index (χ0v) is 27.3. The third kappa shape index (κ3) is 2.70. The molecule has 6 heteroatoms. The number of para-hydroxylation sites is 3. The Morgan fingerprint density at radius 2 is 0.562 bits per heavy atom. The summed E-state index contributed by atoms with van der Waals surface area (Å²) in [7, 11) is 0. The molecule has 0 aliphatic heterocycles. The van der Waals surface area contributed by atoms with Crippen LogP contribution in [0.1, 0.15) is 0 Å². The molecule has 0 spiro atoms. The lowest BCUT2D eigenvalue weighted by Crippen LogP contribution is -1.89. The van der Waals surface area contributed by atoms with Crippen LogP contribution in [0.5, 0.6) is 0 Å². The predicted octanol–water partition coefficient (Wildman–Crippen LogP) is 14.5. The number of fused-ring (bicyclic) bond motifs is 27. The molecule has 0 saturated carbocycles. The fraction of sp³-hybridized carbons (Fsp3) is 0. The van der Waals surface area contributed by atoms with Gasteiger partial charge in [0.05, 0.1) is 0 Å². The van der Waals surface area contributed by atoms with Gasteiger partial charge in [0.1, 0.15) is 33.5 Å². The highest BCUT2D eigenvalue weighted by Gasteiger charge is 2.29. The van der Waals surface area contributed by atoms with E-state index in [-0.39, 0.29) is 0 Å². The first-order valence-corrected chi connectivity index (χ1v) is 18.7. The summed E-state index contributed by atoms with van der Waals surface area (Å²) in [4.78, 5) is 0. The number of benzene rings is 7. The molecule has 0 N–H and O–H groups in total. The molecule has 13 rings (SSSR count). The Kier molecular flexibility index (Phi) is 4.30. The molecule has 0 unspecified atom stereocenters. The summed E-state index contributed by atoms with van der Waals surface area (Å²) in [5.41, 5.74) is 5.57. The van der Waals surface area contributed by atoms with Crippen molar-refractivity contribution in [2.24, 2.45) is 0 Å². The van der Waals surface area contributed by atoms with E-state index in [1.807, 2.05) is 0 Å². The maximum absolute atomic E-state index is 6.80. The third-order valence-corrected chi connectivity index (χ3v) is 12.8. The predicted molar refractivity (Wildman–Crippen MR) is 207 cm³/mol. The Labute approximate surface area is 281 Å². The van der Waals surface area contributed by atoms with E-state index in [0.717, 1.165) is 65.8 Å². The van der Waals surface area contributed by atoms with Gasteiger partial charge in [-0.2, -0.15) is 34.0 Å². The van der Waals surface area contributed by atoms with Gasteiger partial charge in [-0.15, -0.1) is 0 Å². The average molecular weight is 667 g/mol. The van der Waals surface area contributed by atoms with Crippen molar-refractivity contribution >= 4 is 164 Å². The van der Waals surface area contributed by atoms with Gasteiger partial charge in [0.2, 0.25) is 0 Å². The minimum absolute atomic E-state index is 0.907. The van der Waals surface area contributed by atoms with Gasteiger partial charge in [-0.25, -0.2) is 0 Å². The zero-order valence-electron chi connectivity index (χ0n) is 24.8. The maximum Gasteiger partial charge on any atom is 0.144 e. The van der Waals surface area contributed by atoms with Crippen molar-refractivity contribution in [2.75, 3.05) is 0 Å². The normalized spacial score (nSPS) is 13.0. The van der Waals surface area contributed by atoms with Gasteiger partial charge in [-0.05, 0) is 34.3 Å². The second-order valence-electron chi connectivity index (χ2n) is 12.8.